The first-order valence-electron chi connectivity index (χ1n) is 21.1. The summed E-state index contributed by atoms with van der Waals surface area (Å²) in [5.74, 6) is 0.658. The second kappa shape index (κ2) is 14.2. The third-order valence-corrected chi connectivity index (χ3v) is 13.4. The standard InChI is InChI=1S/C58H34N2O2S/c1-2-13-35(14-3-1)58-59-50(38-16-10-15-36(29-38)37-27-28-55-49(33-37)46-19-6-9-26-54(46)63-55)34-51(60-58)41-31-39(42-20-11-22-47-44-17-4-7-24-52(44)61-56(42)47)30-40(32-41)43-21-12-23-48-45-18-5-8-25-53(45)62-57(43)48/h1-34H. The summed E-state index contributed by atoms with van der Waals surface area (Å²) in [6.45, 7) is 0. The number of aromatic nitrogens is 2. The normalized spacial score (nSPS) is 11.8. The summed E-state index contributed by atoms with van der Waals surface area (Å²) in [5.41, 5.74) is 14.3. The minimum Gasteiger partial charge on any atom is -0.455 e. The lowest BCUT2D eigenvalue weighted by molar-refractivity contribution is 0.670. The molecule has 0 bridgehead atoms. The van der Waals surface area contributed by atoms with Crippen molar-refractivity contribution >= 4 is 75.4 Å². The quantitative estimate of drug-likeness (QED) is 0.168. The molecule has 0 atom stereocenters. The van der Waals surface area contributed by atoms with Gasteiger partial charge in [0.05, 0.1) is 11.4 Å². The number of thiophene rings is 1. The van der Waals surface area contributed by atoms with Gasteiger partial charge in [-0.1, -0.05) is 146 Å². The van der Waals surface area contributed by atoms with Gasteiger partial charge in [-0.15, -0.1) is 11.3 Å². The summed E-state index contributed by atoms with van der Waals surface area (Å²) in [6, 6.07) is 72.6. The Labute approximate surface area is 366 Å². The van der Waals surface area contributed by atoms with E-state index < -0.39 is 0 Å². The molecule has 0 saturated carbocycles. The van der Waals surface area contributed by atoms with Crippen molar-refractivity contribution in [3.63, 3.8) is 0 Å². The molecule has 0 unspecified atom stereocenters. The van der Waals surface area contributed by atoms with Crippen LogP contribution in [0.25, 0.3) is 131 Å². The van der Waals surface area contributed by atoms with Gasteiger partial charge in [0.2, 0.25) is 0 Å². The van der Waals surface area contributed by atoms with E-state index in [2.05, 4.69) is 164 Å². The zero-order chi connectivity index (χ0) is 41.4. The van der Waals surface area contributed by atoms with Crippen LogP contribution in [0, 0.1) is 0 Å². The Morgan fingerprint density at radius 3 is 1.49 bits per heavy atom. The Morgan fingerprint density at radius 2 is 0.794 bits per heavy atom. The maximum atomic E-state index is 6.64. The Kier molecular flexibility index (Phi) is 8.05. The Balaban J connectivity index is 1.03. The zero-order valence-corrected chi connectivity index (χ0v) is 34.6. The van der Waals surface area contributed by atoms with E-state index >= 15 is 0 Å². The summed E-state index contributed by atoms with van der Waals surface area (Å²) in [6.07, 6.45) is 0. The molecular weight excluding hydrogens is 789 g/mol. The highest BCUT2D eigenvalue weighted by molar-refractivity contribution is 7.25. The molecule has 294 valence electrons. The van der Waals surface area contributed by atoms with Crippen LogP contribution in [-0.4, -0.2) is 9.97 Å². The van der Waals surface area contributed by atoms with Gasteiger partial charge in [0, 0.05) is 69.5 Å². The molecule has 0 saturated heterocycles. The van der Waals surface area contributed by atoms with Crippen LogP contribution < -0.4 is 0 Å². The second-order valence-corrected chi connectivity index (χ2v) is 17.2. The average Bonchev–Trinajstić information content (AvgIpc) is 4.05. The van der Waals surface area contributed by atoms with Crippen molar-refractivity contribution in [3.05, 3.63) is 206 Å². The lowest BCUT2D eigenvalue weighted by Gasteiger charge is -2.14. The molecule has 4 nitrogen and oxygen atoms in total. The van der Waals surface area contributed by atoms with E-state index in [1.54, 1.807) is 0 Å². The summed E-state index contributed by atoms with van der Waals surface area (Å²) in [4.78, 5) is 10.6. The number of fused-ring (bicyclic) bond motifs is 9. The van der Waals surface area contributed by atoms with Crippen LogP contribution in [0.3, 0.4) is 0 Å². The Morgan fingerprint density at radius 1 is 0.302 bits per heavy atom. The molecule has 0 spiro atoms. The van der Waals surface area contributed by atoms with Gasteiger partial charge in [-0.05, 0) is 82.9 Å². The van der Waals surface area contributed by atoms with Gasteiger partial charge >= 0.3 is 0 Å². The van der Waals surface area contributed by atoms with E-state index in [0.717, 1.165) is 99.8 Å². The topological polar surface area (TPSA) is 52.1 Å². The SMILES string of the molecule is c1ccc(-c2nc(-c3cccc(-c4ccc5sc6ccccc6c5c4)c3)cc(-c3cc(-c4cccc5c4oc4ccccc45)cc(-c4cccc5c4oc4ccccc45)c3)n2)cc1. The first kappa shape index (κ1) is 35.6. The van der Waals surface area contributed by atoms with Gasteiger partial charge < -0.3 is 8.83 Å². The average molecular weight is 823 g/mol. The van der Waals surface area contributed by atoms with Gasteiger partial charge in [0.15, 0.2) is 5.82 Å². The molecule has 4 heterocycles. The van der Waals surface area contributed by atoms with Gasteiger partial charge in [0.1, 0.15) is 22.3 Å². The van der Waals surface area contributed by atoms with E-state index in [1.165, 1.54) is 25.7 Å². The van der Waals surface area contributed by atoms with Crippen LogP contribution >= 0.6 is 11.3 Å². The lowest BCUT2D eigenvalue weighted by atomic mass is 9.93. The molecule has 0 amide bonds. The van der Waals surface area contributed by atoms with Crippen molar-refractivity contribution in [1.29, 1.82) is 0 Å². The van der Waals surface area contributed by atoms with Crippen molar-refractivity contribution in [2.45, 2.75) is 0 Å². The van der Waals surface area contributed by atoms with Crippen molar-refractivity contribution in [2.75, 3.05) is 0 Å². The second-order valence-electron chi connectivity index (χ2n) is 16.1. The van der Waals surface area contributed by atoms with Gasteiger partial charge in [-0.2, -0.15) is 0 Å². The van der Waals surface area contributed by atoms with Crippen LogP contribution in [0.5, 0.6) is 0 Å². The van der Waals surface area contributed by atoms with Crippen molar-refractivity contribution in [3.8, 4) is 67.3 Å². The molecule has 0 N–H and O–H groups in total. The molecular formula is C58H34N2O2S. The number of furan rings is 2. The number of rotatable bonds is 6. The van der Waals surface area contributed by atoms with E-state index in [0.29, 0.717) is 5.82 Å². The number of hydrogen-bond donors (Lipinski definition) is 0. The van der Waals surface area contributed by atoms with E-state index in [4.69, 9.17) is 18.8 Å². The number of benzene rings is 9. The number of nitrogens with zero attached hydrogens (tertiary/aromatic N) is 2. The molecule has 13 rings (SSSR count). The number of hydrogen-bond acceptors (Lipinski definition) is 5. The van der Waals surface area contributed by atoms with Crippen molar-refractivity contribution in [2.24, 2.45) is 0 Å². The first-order valence-corrected chi connectivity index (χ1v) is 21.9. The monoisotopic (exact) mass is 822 g/mol. The highest BCUT2D eigenvalue weighted by atomic mass is 32.1. The molecule has 9 aromatic carbocycles. The molecule has 0 radical (unpaired) electrons. The predicted molar refractivity (Wildman–Crippen MR) is 262 cm³/mol. The van der Waals surface area contributed by atoms with Crippen molar-refractivity contribution in [1.82, 2.24) is 9.97 Å². The largest absolute Gasteiger partial charge is 0.455 e. The van der Waals surface area contributed by atoms with E-state index in [-0.39, 0.29) is 0 Å². The smallest absolute Gasteiger partial charge is 0.160 e. The van der Waals surface area contributed by atoms with Gasteiger partial charge in [-0.3, -0.25) is 0 Å². The van der Waals surface area contributed by atoms with Crippen LogP contribution in [0.2, 0.25) is 0 Å². The molecule has 0 aliphatic heterocycles. The molecule has 5 heteroatoms. The van der Waals surface area contributed by atoms with Crippen LogP contribution in [-0.2, 0) is 0 Å². The highest BCUT2D eigenvalue weighted by Gasteiger charge is 2.19. The predicted octanol–water partition coefficient (Wildman–Crippen LogP) is 16.6. The first-order chi connectivity index (χ1) is 31.2. The van der Waals surface area contributed by atoms with Crippen LogP contribution in [0.4, 0.5) is 0 Å². The molecule has 63 heavy (non-hydrogen) atoms. The lowest BCUT2D eigenvalue weighted by Crippen LogP contribution is -1.97. The minimum absolute atomic E-state index is 0.658. The fraction of sp³-hybridized carbons (Fsp3) is 0. The fourth-order valence-corrected chi connectivity index (χ4v) is 10.3. The molecule has 0 aliphatic carbocycles. The summed E-state index contributed by atoms with van der Waals surface area (Å²) in [5, 5.41) is 6.92. The molecule has 13 aromatic rings. The summed E-state index contributed by atoms with van der Waals surface area (Å²) < 4.78 is 15.9. The fourth-order valence-electron chi connectivity index (χ4n) is 9.26. The Bertz CT molecular complexity index is 3800. The third-order valence-electron chi connectivity index (χ3n) is 12.3. The minimum atomic E-state index is 0.658. The van der Waals surface area contributed by atoms with E-state index in [9.17, 15) is 0 Å². The van der Waals surface area contributed by atoms with Crippen LogP contribution in [0.15, 0.2) is 215 Å². The van der Waals surface area contributed by atoms with Crippen LogP contribution in [0.1, 0.15) is 0 Å². The summed E-state index contributed by atoms with van der Waals surface area (Å²) in [7, 11) is 0. The number of para-hydroxylation sites is 4. The Hall–Kier alpha value is -8.12. The zero-order valence-electron chi connectivity index (χ0n) is 33.7. The highest BCUT2D eigenvalue weighted by Crippen LogP contribution is 2.43. The maximum absolute atomic E-state index is 6.64. The van der Waals surface area contributed by atoms with Crippen molar-refractivity contribution < 1.29 is 8.83 Å². The third kappa shape index (κ3) is 5.97. The maximum Gasteiger partial charge on any atom is 0.160 e. The summed E-state index contributed by atoms with van der Waals surface area (Å²) >= 11 is 1.84. The molecule has 4 aromatic heterocycles. The van der Waals surface area contributed by atoms with Gasteiger partial charge in [0.25, 0.3) is 0 Å². The van der Waals surface area contributed by atoms with Gasteiger partial charge in [-0.25, -0.2) is 9.97 Å². The molecule has 0 aliphatic rings. The molecule has 0 fully saturated rings. The van der Waals surface area contributed by atoms with E-state index in [1.807, 2.05) is 53.8 Å².